The number of aliphatic hydroxyl groups excluding tert-OH is 1. The SMILES string of the molecule is C=Cc1ccccc1O.OC=Cc1ccccc1. The van der Waals surface area contributed by atoms with Crippen LogP contribution >= 0.6 is 0 Å². The Morgan fingerprint density at radius 3 is 2.00 bits per heavy atom. The van der Waals surface area contributed by atoms with E-state index >= 15 is 0 Å². The number of hydrogen-bond donors (Lipinski definition) is 2. The predicted octanol–water partition coefficient (Wildman–Crippen LogP) is 4.25. The molecule has 2 N–H and O–H groups in total. The molecule has 0 atom stereocenters. The standard InChI is InChI=1S/2C8H8O/c1-2-7-5-3-4-6-8(7)9;9-7-6-8-4-2-1-3-5-8/h2-6,9H,1H2;1-7,9H. The molecule has 0 aromatic heterocycles. The van der Waals surface area contributed by atoms with E-state index in [-0.39, 0.29) is 5.75 Å². The number of benzene rings is 2. The van der Waals surface area contributed by atoms with E-state index in [1.54, 1.807) is 24.3 Å². The van der Waals surface area contributed by atoms with Gasteiger partial charge < -0.3 is 10.2 Å². The van der Waals surface area contributed by atoms with Crippen molar-refractivity contribution in [2.75, 3.05) is 0 Å². The van der Waals surface area contributed by atoms with Crippen molar-refractivity contribution in [2.45, 2.75) is 0 Å². The Morgan fingerprint density at radius 1 is 0.889 bits per heavy atom. The molecule has 0 amide bonds. The number of phenols is 1. The van der Waals surface area contributed by atoms with Crippen molar-refractivity contribution in [1.82, 2.24) is 0 Å². The van der Waals surface area contributed by atoms with Crippen LogP contribution in [0.1, 0.15) is 11.1 Å². The maximum Gasteiger partial charge on any atom is 0.122 e. The zero-order chi connectivity index (χ0) is 13.2. The molecule has 92 valence electrons. The molecule has 2 rings (SSSR count). The Hall–Kier alpha value is -2.48. The van der Waals surface area contributed by atoms with Crippen molar-refractivity contribution < 1.29 is 10.2 Å². The minimum Gasteiger partial charge on any atom is -0.516 e. The van der Waals surface area contributed by atoms with E-state index in [0.29, 0.717) is 0 Å². The molecule has 0 saturated heterocycles. The van der Waals surface area contributed by atoms with Gasteiger partial charge in [-0.05, 0) is 17.7 Å². The van der Waals surface area contributed by atoms with Crippen molar-refractivity contribution in [3.8, 4) is 5.75 Å². The first-order valence-corrected chi connectivity index (χ1v) is 5.54. The fourth-order valence-electron chi connectivity index (χ4n) is 1.31. The Balaban J connectivity index is 0.000000180. The fourth-order valence-corrected chi connectivity index (χ4v) is 1.31. The quantitative estimate of drug-likeness (QED) is 0.770. The van der Waals surface area contributed by atoms with E-state index in [1.165, 1.54) is 0 Å². The van der Waals surface area contributed by atoms with E-state index in [0.717, 1.165) is 17.4 Å². The number of aliphatic hydroxyl groups is 1. The fraction of sp³-hybridized carbons (Fsp3) is 0. The molecule has 0 spiro atoms. The van der Waals surface area contributed by atoms with E-state index < -0.39 is 0 Å². The Bertz CT molecular complexity index is 502. The van der Waals surface area contributed by atoms with E-state index in [2.05, 4.69) is 6.58 Å². The largest absolute Gasteiger partial charge is 0.516 e. The molecule has 2 aromatic carbocycles. The van der Waals surface area contributed by atoms with Gasteiger partial charge in [-0.25, -0.2) is 0 Å². The lowest BCUT2D eigenvalue weighted by Gasteiger charge is -1.93. The molecule has 0 bridgehead atoms. The van der Waals surface area contributed by atoms with E-state index in [9.17, 15) is 0 Å². The molecule has 2 nitrogen and oxygen atoms in total. The Morgan fingerprint density at radius 2 is 1.50 bits per heavy atom. The maximum atomic E-state index is 9.04. The molecule has 0 aliphatic rings. The highest BCUT2D eigenvalue weighted by atomic mass is 16.3. The Kier molecular flexibility index (Phi) is 5.84. The van der Waals surface area contributed by atoms with Crippen LogP contribution in [0.2, 0.25) is 0 Å². The summed E-state index contributed by atoms with van der Waals surface area (Å²) in [5, 5.41) is 17.4. The summed E-state index contributed by atoms with van der Waals surface area (Å²) >= 11 is 0. The van der Waals surface area contributed by atoms with Gasteiger partial charge in [0.05, 0.1) is 6.26 Å². The zero-order valence-corrected chi connectivity index (χ0v) is 10.0. The zero-order valence-electron chi connectivity index (χ0n) is 10.0. The maximum absolute atomic E-state index is 9.04. The predicted molar refractivity (Wildman–Crippen MR) is 76.3 cm³/mol. The third kappa shape index (κ3) is 4.58. The summed E-state index contributed by atoms with van der Waals surface area (Å²) in [5.41, 5.74) is 1.79. The molecule has 0 saturated carbocycles. The number of aromatic hydroxyl groups is 1. The van der Waals surface area contributed by atoms with Crippen LogP contribution in [0.5, 0.6) is 5.75 Å². The number of rotatable bonds is 2. The summed E-state index contributed by atoms with van der Waals surface area (Å²) in [4.78, 5) is 0. The first kappa shape index (κ1) is 13.6. The highest BCUT2D eigenvalue weighted by Crippen LogP contribution is 2.15. The smallest absolute Gasteiger partial charge is 0.122 e. The average molecular weight is 240 g/mol. The highest BCUT2D eigenvalue weighted by Gasteiger charge is 1.89. The molecular weight excluding hydrogens is 224 g/mol. The summed E-state index contributed by atoms with van der Waals surface area (Å²) < 4.78 is 0. The van der Waals surface area contributed by atoms with Gasteiger partial charge in [0.1, 0.15) is 5.75 Å². The second kappa shape index (κ2) is 7.74. The van der Waals surface area contributed by atoms with Gasteiger partial charge in [0.25, 0.3) is 0 Å². The van der Waals surface area contributed by atoms with Crippen LogP contribution in [0.4, 0.5) is 0 Å². The molecular formula is C16H16O2. The van der Waals surface area contributed by atoms with E-state index in [4.69, 9.17) is 10.2 Å². The molecule has 18 heavy (non-hydrogen) atoms. The van der Waals surface area contributed by atoms with Crippen LogP contribution in [-0.4, -0.2) is 10.2 Å². The van der Waals surface area contributed by atoms with Gasteiger partial charge >= 0.3 is 0 Å². The third-order valence-corrected chi connectivity index (χ3v) is 2.22. The topological polar surface area (TPSA) is 40.5 Å². The van der Waals surface area contributed by atoms with Gasteiger partial charge in [-0.15, -0.1) is 0 Å². The lowest BCUT2D eigenvalue weighted by molar-refractivity contribution is 0.474. The molecule has 0 fully saturated rings. The number of hydrogen-bond acceptors (Lipinski definition) is 2. The van der Waals surface area contributed by atoms with Crippen molar-refractivity contribution >= 4 is 12.2 Å². The second-order valence-corrected chi connectivity index (χ2v) is 3.49. The van der Waals surface area contributed by atoms with Gasteiger partial charge in [0, 0.05) is 5.56 Å². The van der Waals surface area contributed by atoms with Gasteiger partial charge in [-0.3, -0.25) is 0 Å². The van der Waals surface area contributed by atoms with Crippen LogP contribution in [0.3, 0.4) is 0 Å². The molecule has 0 aliphatic heterocycles. The summed E-state index contributed by atoms with van der Waals surface area (Å²) in [6, 6.07) is 16.7. The van der Waals surface area contributed by atoms with Gasteiger partial charge in [-0.1, -0.05) is 61.2 Å². The van der Waals surface area contributed by atoms with Crippen LogP contribution in [0.15, 0.2) is 67.4 Å². The third-order valence-electron chi connectivity index (χ3n) is 2.22. The molecule has 0 heterocycles. The molecule has 2 heteroatoms. The van der Waals surface area contributed by atoms with Crippen LogP contribution < -0.4 is 0 Å². The monoisotopic (exact) mass is 240 g/mol. The second-order valence-electron chi connectivity index (χ2n) is 3.49. The molecule has 0 aliphatic carbocycles. The lowest BCUT2D eigenvalue weighted by Crippen LogP contribution is -1.69. The first-order valence-electron chi connectivity index (χ1n) is 5.54. The van der Waals surface area contributed by atoms with Gasteiger partial charge in [0.2, 0.25) is 0 Å². The minimum atomic E-state index is 0.285. The number of para-hydroxylation sites is 1. The summed E-state index contributed by atoms with van der Waals surface area (Å²) in [7, 11) is 0. The summed E-state index contributed by atoms with van der Waals surface area (Å²) in [6.07, 6.45) is 4.30. The van der Waals surface area contributed by atoms with Crippen molar-refractivity contribution in [1.29, 1.82) is 0 Å². The van der Waals surface area contributed by atoms with Crippen LogP contribution in [0.25, 0.3) is 12.2 Å². The van der Waals surface area contributed by atoms with Crippen molar-refractivity contribution in [3.63, 3.8) is 0 Å². The highest BCUT2D eigenvalue weighted by molar-refractivity contribution is 5.54. The van der Waals surface area contributed by atoms with Crippen molar-refractivity contribution in [3.05, 3.63) is 78.6 Å². The van der Waals surface area contributed by atoms with Crippen molar-refractivity contribution in [2.24, 2.45) is 0 Å². The minimum absolute atomic E-state index is 0.285. The molecule has 0 unspecified atom stereocenters. The first-order chi connectivity index (χ1) is 8.77. The average Bonchev–Trinajstić information content (AvgIpc) is 2.42. The molecule has 2 aromatic rings. The summed E-state index contributed by atoms with van der Waals surface area (Å²) in [5.74, 6) is 0.285. The molecule has 0 radical (unpaired) electrons. The Labute approximate surface area is 107 Å². The normalized spacial score (nSPS) is 9.56. The summed E-state index contributed by atoms with van der Waals surface area (Å²) in [6.45, 7) is 3.53. The van der Waals surface area contributed by atoms with Crippen LogP contribution in [0, 0.1) is 0 Å². The van der Waals surface area contributed by atoms with Gasteiger partial charge in [-0.2, -0.15) is 0 Å². The number of phenolic OH excluding ortho intramolecular Hbond substituents is 1. The van der Waals surface area contributed by atoms with E-state index in [1.807, 2.05) is 42.5 Å². The van der Waals surface area contributed by atoms with Crippen LogP contribution in [-0.2, 0) is 0 Å². The lowest BCUT2D eigenvalue weighted by atomic mass is 10.2. The van der Waals surface area contributed by atoms with Gasteiger partial charge in [0.15, 0.2) is 0 Å².